The van der Waals surface area contributed by atoms with Crippen LogP contribution in [0.5, 0.6) is 0 Å². The van der Waals surface area contributed by atoms with Crippen molar-refractivity contribution in [3.05, 3.63) is 0 Å². The van der Waals surface area contributed by atoms with Crippen molar-refractivity contribution in [3.8, 4) is 12.1 Å². The van der Waals surface area contributed by atoms with Crippen LogP contribution in [0, 0.1) is 22.7 Å². The minimum atomic E-state index is 0.221. The topological polar surface area (TPSA) is 54.1 Å². The van der Waals surface area contributed by atoms with Gasteiger partial charge >= 0.3 is 0 Å². The van der Waals surface area contributed by atoms with Crippen molar-refractivity contribution in [3.63, 3.8) is 0 Å². The molecule has 2 atom stereocenters. The molecule has 0 aliphatic carbocycles. The van der Waals surface area contributed by atoms with Gasteiger partial charge in [-0.15, -0.1) is 0 Å². The second-order valence-corrected chi connectivity index (χ2v) is 8.86. The van der Waals surface area contributed by atoms with Gasteiger partial charge in [0.05, 0.1) is 25.0 Å². The first-order chi connectivity index (χ1) is 10.7. The molecule has 0 spiro atoms. The average molecular weight is 338 g/mol. The van der Waals surface area contributed by atoms with Gasteiger partial charge in [0.2, 0.25) is 0 Å². The molecule has 23 heavy (non-hydrogen) atoms. The second kappa shape index (κ2) is 11.0. The summed E-state index contributed by atoms with van der Waals surface area (Å²) < 4.78 is 0. The molecule has 0 aromatic rings. The molecule has 132 valence electrons. The number of nitriles is 2. The van der Waals surface area contributed by atoms with Crippen LogP contribution in [-0.4, -0.2) is 45.5 Å². The van der Waals surface area contributed by atoms with E-state index in [0.29, 0.717) is 45.6 Å². The van der Waals surface area contributed by atoms with Gasteiger partial charge in [-0.1, -0.05) is 8.58 Å². The van der Waals surface area contributed by atoms with Gasteiger partial charge in [-0.3, -0.25) is 9.80 Å². The Morgan fingerprint density at radius 2 is 0.913 bits per heavy atom. The highest BCUT2D eigenvalue weighted by molar-refractivity contribution is 7.39. The minimum Gasteiger partial charge on any atom is -0.291 e. The summed E-state index contributed by atoms with van der Waals surface area (Å²) in [6.45, 7) is 17.5. The summed E-state index contributed by atoms with van der Waals surface area (Å²) >= 11 is 0. The quantitative estimate of drug-likeness (QED) is 0.555. The van der Waals surface area contributed by atoms with Crippen LogP contribution in [0.1, 0.15) is 68.2 Å². The van der Waals surface area contributed by atoms with E-state index in [1.807, 2.05) is 0 Å². The maximum absolute atomic E-state index is 9.30. The van der Waals surface area contributed by atoms with Gasteiger partial charge < -0.3 is 0 Å². The lowest BCUT2D eigenvalue weighted by Crippen LogP contribution is -2.47. The first-order valence-electron chi connectivity index (χ1n) is 8.72. The molecular formula is C18H35N4P. The molecule has 0 rings (SSSR count). The molecule has 0 fully saturated rings. The maximum atomic E-state index is 9.30. The number of nitrogens with zero attached hydrogens (tertiary/aromatic N) is 4. The Balaban J connectivity index is 5.46. The van der Waals surface area contributed by atoms with E-state index in [-0.39, 0.29) is 11.6 Å². The van der Waals surface area contributed by atoms with E-state index in [0.717, 1.165) is 0 Å². The zero-order valence-electron chi connectivity index (χ0n) is 16.2. The predicted molar refractivity (Wildman–Crippen MR) is 101 cm³/mol. The van der Waals surface area contributed by atoms with Crippen molar-refractivity contribution in [2.45, 2.75) is 104 Å². The van der Waals surface area contributed by atoms with Gasteiger partial charge in [0.25, 0.3) is 0 Å². The van der Waals surface area contributed by atoms with E-state index < -0.39 is 0 Å². The van der Waals surface area contributed by atoms with Crippen molar-refractivity contribution < 1.29 is 0 Å². The highest BCUT2D eigenvalue weighted by atomic mass is 31.1. The summed E-state index contributed by atoms with van der Waals surface area (Å²) in [5, 5.41) is 18.6. The van der Waals surface area contributed by atoms with Crippen molar-refractivity contribution >= 4 is 8.58 Å². The minimum absolute atomic E-state index is 0.221. The number of hydrogen-bond donors (Lipinski definition) is 0. The van der Waals surface area contributed by atoms with Crippen LogP contribution in [0.4, 0.5) is 0 Å². The standard InChI is InChI=1S/C18H35N4P/c1-13(2)21(14(3)4)17(9-11-19)23-18(10-12-20)22(15(5)6)16(7)8/h13-18,23H,9-10H2,1-8H3. The Labute approximate surface area is 145 Å². The van der Waals surface area contributed by atoms with Crippen LogP contribution in [0.3, 0.4) is 0 Å². The molecule has 2 unspecified atom stereocenters. The van der Waals surface area contributed by atoms with Gasteiger partial charge in [0.15, 0.2) is 0 Å². The molecule has 0 aliphatic rings. The maximum Gasteiger partial charge on any atom is 0.0641 e. The van der Waals surface area contributed by atoms with E-state index >= 15 is 0 Å². The van der Waals surface area contributed by atoms with Crippen LogP contribution < -0.4 is 0 Å². The van der Waals surface area contributed by atoms with Gasteiger partial charge in [-0.25, -0.2) is 0 Å². The Hall–Kier alpha value is -0.670. The Bertz CT molecular complexity index is 352. The summed E-state index contributed by atoms with van der Waals surface area (Å²) in [7, 11) is 0.567. The van der Waals surface area contributed by atoms with Crippen molar-refractivity contribution in [2.24, 2.45) is 0 Å². The van der Waals surface area contributed by atoms with E-state index in [1.165, 1.54) is 0 Å². The fourth-order valence-electron chi connectivity index (χ4n) is 3.53. The SMILES string of the molecule is CC(C)N(C(C)C)C(CC#N)PC(CC#N)N(C(C)C)C(C)C. The Morgan fingerprint density at radius 3 is 1.09 bits per heavy atom. The molecule has 0 heterocycles. The summed E-state index contributed by atoms with van der Waals surface area (Å²) in [5.41, 5.74) is 0. The smallest absolute Gasteiger partial charge is 0.0641 e. The average Bonchev–Trinajstić information content (AvgIpc) is 2.37. The lowest BCUT2D eigenvalue weighted by atomic mass is 10.2. The lowest BCUT2D eigenvalue weighted by Gasteiger charge is -2.43. The Kier molecular flexibility index (Phi) is 10.7. The van der Waals surface area contributed by atoms with Gasteiger partial charge in [-0.2, -0.15) is 10.5 Å². The summed E-state index contributed by atoms with van der Waals surface area (Å²) in [6, 6.07) is 6.33. The molecule has 0 aromatic heterocycles. The van der Waals surface area contributed by atoms with Crippen LogP contribution in [0.15, 0.2) is 0 Å². The van der Waals surface area contributed by atoms with Gasteiger partial charge in [0, 0.05) is 35.7 Å². The first kappa shape index (κ1) is 22.3. The van der Waals surface area contributed by atoms with Crippen LogP contribution >= 0.6 is 8.58 Å². The normalized spacial score (nSPS) is 15.3. The molecule has 0 radical (unpaired) electrons. The summed E-state index contributed by atoms with van der Waals surface area (Å²) in [4.78, 5) is 4.87. The lowest BCUT2D eigenvalue weighted by molar-refractivity contribution is 0.142. The summed E-state index contributed by atoms with van der Waals surface area (Å²) in [5.74, 6) is 0.441. The fourth-order valence-corrected chi connectivity index (χ4v) is 5.93. The fraction of sp³-hybridized carbons (Fsp3) is 0.889. The van der Waals surface area contributed by atoms with Gasteiger partial charge in [-0.05, 0) is 55.4 Å². The second-order valence-electron chi connectivity index (χ2n) is 7.19. The zero-order valence-corrected chi connectivity index (χ0v) is 17.2. The molecule has 0 saturated carbocycles. The zero-order chi connectivity index (χ0) is 18.2. The number of hydrogen-bond acceptors (Lipinski definition) is 4. The third-order valence-corrected chi connectivity index (χ3v) is 5.83. The predicted octanol–water partition coefficient (Wildman–Crippen LogP) is 4.38. The summed E-state index contributed by atoms with van der Waals surface area (Å²) in [6.07, 6.45) is 1.06. The van der Waals surface area contributed by atoms with E-state index in [2.05, 4.69) is 77.3 Å². The monoisotopic (exact) mass is 338 g/mol. The number of rotatable bonds is 10. The van der Waals surface area contributed by atoms with Crippen LogP contribution in [-0.2, 0) is 0 Å². The van der Waals surface area contributed by atoms with Crippen molar-refractivity contribution in [1.29, 1.82) is 10.5 Å². The molecule has 0 aromatic carbocycles. The Morgan fingerprint density at radius 1 is 0.652 bits per heavy atom. The third kappa shape index (κ3) is 7.17. The highest BCUT2D eigenvalue weighted by Gasteiger charge is 2.31. The molecule has 0 N–H and O–H groups in total. The first-order valence-corrected chi connectivity index (χ1v) is 9.87. The highest BCUT2D eigenvalue weighted by Crippen LogP contribution is 2.38. The van der Waals surface area contributed by atoms with E-state index in [1.54, 1.807) is 0 Å². The van der Waals surface area contributed by atoms with Crippen LogP contribution in [0.25, 0.3) is 0 Å². The third-order valence-electron chi connectivity index (χ3n) is 4.06. The molecule has 0 aliphatic heterocycles. The largest absolute Gasteiger partial charge is 0.291 e. The van der Waals surface area contributed by atoms with Crippen LogP contribution in [0.2, 0.25) is 0 Å². The molecule has 5 heteroatoms. The van der Waals surface area contributed by atoms with Gasteiger partial charge in [0.1, 0.15) is 0 Å². The van der Waals surface area contributed by atoms with E-state index in [9.17, 15) is 10.5 Å². The molecule has 0 saturated heterocycles. The molecule has 0 bridgehead atoms. The molecule has 4 nitrogen and oxygen atoms in total. The molecule has 0 amide bonds. The van der Waals surface area contributed by atoms with E-state index in [4.69, 9.17) is 0 Å². The van der Waals surface area contributed by atoms with Crippen molar-refractivity contribution in [1.82, 2.24) is 9.80 Å². The van der Waals surface area contributed by atoms with Crippen molar-refractivity contribution in [2.75, 3.05) is 0 Å². The molecular weight excluding hydrogens is 303 g/mol.